The Balaban J connectivity index is 3.83. The molecule has 0 aromatic heterocycles. The van der Waals surface area contributed by atoms with Gasteiger partial charge in [0.15, 0.2) is 0 Å². The van der Waals surface area contributed by atoms with Gasteiger partial charge in [-0.05, 0) is 31.0 Å². The third-order valence-corrected chi connectivity index (χ3v) is 14.8. The van der Waals surface area contributed by atoms with Gasteiger partial charge in [0.2, 0.25) is 11.8 Å². The van der Waals surface area contributed by atoms with Crippen molar-refractivity contribution in [2.75, 3.05) is 13.1 Å². The summed E-state index contributed by atoms with van der Waals surface area (Å²) in [5, 5.41) is 12.2. The lowest BCUT2D eigenvalue weighted by molar-refractivity contribution is -0.117. The molecule has 4 N–H and O–H groups in total. The number of amides is 2. The maximum absolute atomic E-state index is 11.0. The fraction of sp³-hybridized carbons (Fsp3) is 0.571. The van der Waals surface area contributed by atoms with E-state index in [2.05, 4.69) is 30.7 Å². The number of carbonyl (C=O) groups is 2. The van der Waals surface area contributed by atoms with Gasteiger partial charge in [-0.1, -0.05) is 32.2 Å². The molecule has 0 aromatic carbocycles. The molecule has 0 radical (unpaired) electrons. The molecule has 0 aromatic rings. The standard InChI is InChI=1S/C14H29N3O2Si2/c1-4-13(18)16-9-7-11-20-21(15,6-3)12-8-10-17-14(19)5-2/h4-5H,1-2,6-12,15,20H2,3H3,(H,16,18)(H,17,19). The zero-order chi connectivity index (χ0) is 16.1. The first kappa shape index (κ1) is 19.8. The molecule has 2 amide bonds. The summed E-state index contributed by atoms with van der Waals surface area (Å²) in [6, 6.07) is 3.35. The molecule has 120 valence electrons. The van der Waals surface area contributed by atoms with E-state index in [9.17, 15) is 9.59 Å². The summed E-state index contributed by atoms with van der Waals surface area (Å²) in [7, 11) is -1.83. The van der Waals surface area contributed by atoms with Gasteiger partial charge in [0.25, 0.3) is 0 Å². The third-order valence-electron chi connectivity index (χ3n) is 3.63. The van der Waals surface area contributed by atoms with E-state index in [4.69, 9.17) is 5.40 Å². The van der Waals surface area contributed by atoms with Crippen LogP contribution in [-0.2, 0) is 9.59 Å². The number of rotatable bonds is 12. The second kappa shape index (κ2) is 11.5. The lowest BCUT2D eigenvalue weighted by Crippen LogP contribution is -2.51. The van der Waals surface area contributed by atoms with Gasteiger partial charge in [-0.15, -0.1) is 0 Å². The Morgan fingerprint density at radius 2 is 1.67 bits per heavy atom. The zero-order valence-electron chi connectivity index (χ0n) is 13.1. The van der Waals surface area contributed by atoms with E-state index < -0.39 is 7.75 Å². The van der Waals surface area contributed by atoms with Gasteiger partial charge in [0, 0.05) is 22.1 Å². The van der Waals surface area contributed by atoms with Gasteiger partial charge in [0.1, 0.15) is 7.75 Å². The Morgan fingerprint density at radius 1 is 1.14 bits per heavy atom. The topological polar surface area (TPSA) is 84.2 Å². The molecule has 0 aliphatic carbocycles. The Hall–Kier alpha value is -1.19. The highest BCUT2D eigenvalue weighted by Gasteiger charge is 2.25. The van der Waals surface area contributed by atoms with E-state index in [1.807, 2.05) is 0 Å². The third kappa shape index (κ3) is 10.2. The highest BCUT2D eigenvalue weighted by atomic mass is 29.2. The monoisotopic (exact) mass is 327 g/mol. The van der Waals surface area contributed by atoms with Crippen molar-refractivity contribution in [3.05, 3.63) is 25.3 Å². The van der Waals surface area contributed by atoms with Gasteiger partial charge in [-0.2, -0.15) is 0 Å². The molecule has 0 aliphatic rings. The average Bonchev–Trinajstić information content (AvgIpc) is 2.50. The Labute approximate surface area is 131 Å². The molecule has 1 atom stereocenters. The average molecular weight is 328 g/mol. The highest BCUT2D eigenvalue weighted by molar-refractivity contribution is 7.23. The van der Waals surface area contributed by atoms with E-state index in [0.717, 1.165) is 24.9 Å². The molecule has 7 heteroatoms. The van der Waals surface area contributed by atoms with Crippen LogP contribution in [0.15, 0.2) is 25.3 Å². The minimum absolute atomic E-state index is 0.110. The van der Waals surface area contributed by atoms with Crippen molar-refractivity contribution in [2.24, 2.45) is 5.40 Å². The van der Waals surface area contributed by atoms with Gasteiger partial charge in [0.05, 0.1) is 0 Å². The summed E-state index contributed by atoms with van der Waals surface area (Å²) in [5.41, 5.74) is 0. The van der Waals surface area contributed by atoms with Crippen molar-refractivity contribution in [2.45, 2.75) is 37.9 Å². The van der Waals surface area contributed by atoms with Crippen molar-refractivity contribution < 1.29 is 9.59 Å². The molecule has 0 aliphatic heterocycles. The summed E-state index contributed by atoms with van der Waals surface area (Å²) in [4.78, 5) is 22.1. The first-order valence-corrected chi connectivity index (χ1v) is 13.4. The molecule has 1 unspecified atom stereocenters. The molecular formula is C14H29N3O2Si2. The molecule has 0 rings (SSSR count). The van der Waals surface area contributed by atoms with Crippen molar-refractivity contribution in [1.82, 2.24) is 10.6 Å². The molecule has 0 spiro atoms. The number of nitrogens with one attached hydrogen (secondary N) is 2. The van der Waals surface area contributed by atoms with Crippen LogP contribution in [0, 0.1) is 0 Å². The second-order valence-electron chi connectivity index (χ2n) is 5.27. The Bertz CT molecular complexity index is 364. The minimum atomic E-state index is -1.56. The molecule has 0 fully saturated rings. The van der Waals surface area contributed by atoms with Crippen LogP contribution in [0.5, 0.6) is 0 Å². The fourth-order valence-electron chi connectivity index (χ4n) is 2.09. The van der Waals surface area contributed by atoms with Gasteiger partial charge in [-0.25, -0.2) is 0 Å². The summed E-state index contributed by atoms with van der Waals surface area (Å²) >= 11 is 0. The Kier molecular flexibility index (Phi) is 10.8. The first-order chi connectivity index (χ1) is 9.97. The van der Waals surface area contributed by atoms with E-state index in [1.165, 1.54) is 18.2 Å². The molecule has 0 saturated carbocycles. The van der Waals surface area contributed by atoms with Crippen LogP contribution < -0.4 is 16.0 Å². The SMILES string of the molecule is C=CC(=O)NCCC[SiH2][Si](N)(CC)CCCNC(=O)C=C. The van der Waals surface area contributed by atoms with Crippen molar-refractivity contribution in [3.63, 3.8) is 0 Å². The smallest absolute Gasteiger partial charge is 0.243 e. The van der Waals surface area contributed by atoms with E-state index >= 15 is 0 Å². The predicted octanol–water partition coefficient (Wildman–Crippen LogP) is 0.379. The quantitative estimate of drug-likeness (QED) is 0.275. The normalized spacial score (nSPS) is 13.6. The van der Waals surface area contributed by atoms with Crippen LogP contribution in [0.1, 0.15) is 19.8 Å². The molecule has 21 heavy (non-hydrogen) atoms. The van der Waals surface area contributed by atoms with Crippen molar-refractivity contribution in [3.8, 4) is 0 Å². The lowest BCUT2D eigenvalue weighted by Gasteiger charge is -2.25. The van der Waals surface area contributed by atoms with Crippen LogP contribution in [0.4, 0.5) is 0 Å². The van der Waals surface area contributed by atoms with Gasteiger partial charge < -0.3 is 16.0 Å². The van der Waals surface area contributed by atoms with E-state index in [0.29, 0.717) is 13.1 Å². The zero-order valence-corrected chi connectivity index (χ0v) is 15.5. The summed E-state index contributed by atoms with van der Waals surface area (Å²) in [6.45, 7) is 10.4. The van der Waals surface area contributed by atoms with Crippen molar-refractivity contribution >= 4 is 28.6 Å². The Morgan fingerprint density at radius 3 is 2.14 bits per heavy atom. The van der Waals surface area contributed by atoms with Crippen LogP contribution in [0.3, 0.4) is 0 Å². The molecule has 5 nitrogen and oxygen atoms in total. The maximum Gasteiger partial charge on any atom is 0.243 e. The summed E-state index contributed by atoms with van der Waals surface area (Å²) in [5.74, 6) is -0.229. The largest absolute Gasteiger partial charge is 0.353 e. The lowest BCUT2D eigenvalue weighted by atomic mass is 10.4. The first-order valence-electron chi connectivity index (χ1n) is 7.57. The minimum Gasteiger partial charge on any atom is -0.353 e. The highest BCUT2D eigenvalue weighted by Crippen LogP contribution is 2.12. The number of nitrogens with two attached hydrogens (primary N) is 1. The number of hydrogen-bond donors (Lipinski definition) is 3. The molecule has 0 heterocycles. The van der Waals surface area contributed by atoms with Crippen LogP contribution in [-0.4, -0.2) is 41.7 Å². The molecular weight excluding hydrogens is 298 g/mol. The predicted molar refractivity (Wildman–Crippen MR) is 94.2 cm³/mol. The van der Waals surface area contributed by atoms with Gasteiger partial charge in [-0.3, -0.25) is 9.59 Å². The number of carbonyl (C=O) groups excluding carboxylic acids is 2. The van der Waals surface area contributed by atoms with Crippen molar-refractivity contribution in [1.29, 1.82) is 0 Å². The second-order valence-corrected chi connectivity index (χ2v) is 16.1. The van der Waals surface area contributed by atoms with Gasteiger partial charge >= 0.3 is 0 Å². The van der Waals surface area contributed by atoms with E-state index in [-0.39, 0.29) is 20.9 Å². The van der Waals surface area contributed by atoms with Crippen LogP contribution in [0.2, 0.25) is 18.1 Å². The number of hydrogen-bond acceptors (Lipinski definition) is 3. The fourth-order valence-corrected chi connectivity index (χ4v) is 10.6. The van der Waals surface area contributed by atoms with Crippen LogP contribution in [0.25, 0.3) is 0 Å². The maximum atomic E-state index is 11.0. The van der Waals surface area contributed by atoms with Crippen LogP contribution >= 0.6 is 0 Å². The summed E-state index contributed by atoms with van der Waals surface area (Å²) < 4.78 is 0. The summed E-state index contributed by atoms with van der Waals surface area (Å²) in [6.07, 6.45) is 4.55. The van der Waals surface area contributed by atoms with E-state index in [1.54, 1.807) is 0 Å². The molecule has 0 bridgehead atoms. The molecule has 0 saturated heterocycles.